The highest BCUT2D eigenvalue weighted by Crippen LogP contribution is 2.17. The zero-order chi connectivity index (χ0) is 11.1. The van der Waals surface area contributed by atoms with E-state index in [9.17, 15) is 4.79 Å². The van der Waals surface area contributed by atoms with Crippen LogP contribution in [-0.2, 0) is 9.53 Å². The Labute approximate surface area is 91.0 Å². The van der Waals surface area contributed by atoms with Gasteiger partial charge in [0.15, 0.2) is 0 Å². The van der Waals surface area contributed by atoms with Crippen LogP contribution < -0.4 is 5.32 Å². The van der Waals surface area contributed by atoms with Crippen LogP contribution in [0, 0.1) is 0 Å². The molecule has 0 aliphatic carbocycles. The second-order valence-corrected chi connectivity index (χ2v) is 4.17. The quantitative estimate of drug-likeness (QED) is 0.657. The highest BCUT2D eigenvalue weighted by Gasteiger charge is 2.25. The molecule has 1 rings (SSSR count). The number of ether oxygens (including phenoxy) is 1. The van der Waals surface area contributed by atoms with Crippen molar-refractivity contribution in [1.29, 1.82) is 0 Å². The van der Waals surface area contributed by atoms with Crippen molar-refractivity contribution in [3.05, 3.63) is 0 Å². The summed E-state index contributed by atoms with van der Waals surface area (Å²) in [5, 5.41) is 12.1. The van der Waals surface area contributed by atoms with Gasteiger partial charge in [0, 0.05) is 19.8 Å². The van der Waals surface area contributed by atoms with Crippen LogP contribution in [0.15, 0.2) is 0 Å². The second kappa shape index (κ2) is 6.80. The minimum absolute atomic E-state index is 0.328. The van der Waals surface area contributed by atoms with E-state index < -0.39 is 5.97 Å². The zero-order valence-electron chi connectivity index (χ0n) is 9.37. The molecule has 0 saturated carbocycles. The van der Waals surface area contributed by atoms with Gasteiger partial charge in [-0.05, 0) is 38.5 Å². The molecule has 1 saturated heterocycles. The number of methoxy groups -OCH3 is 1. The Hall–Kier alpha value is -0.610. The van der Waals surface area contributed by atoms with Crippen LogP contribution in [0.5, 0.6) is 0 Å². The van der Waals surface area contributed by atoms with Gasteiger partial charge in [-0.1, -0.05) is 0 Å². The number of hydrogen-bond acceptors (Lipinski definition) is 3. The van der Waals surface area contributed by atoms with Gasteiger partial charge < -0.3 is 15.2 Å². The lowest BCUT2D eigenvalue weighted by atomic mass is 9.95. The molecule has 2 unspecified atom stereocenters. The fourth-order valence-corrected chi connectivity index (χ4v) is 2.08. The molecular weight excluding hydrogens is 194 g/mol. The lowest BCUT2D eigenvalue weighted by Crippen LogP contribution is -2.46. The van der Waals surface area contributed by atoms with Crippen LogP contribution in [0.2, 0.25) is 0 Å². The normalized spacial score (nSPS) is 26.5. The number of rotatable bonds is 6. The smallest absolute Gasteiger partial charge is 0.320 e. The molecule has 0 bridgehead atoms. The number of unbranched alkanes of at least 4 members (excludes halogenated alkanes) is 1. The SMILES string of the molecule is COCCCCC1CCCC(C(=O)O)N1. The highest BCUT2D eigenvalue weighted by atomic mass is 16.5. The Morgan fingerprint density at radius 2 is 2.27 bits per heavy atom. The zero-order valence-corrected chi connectivity index (χ0v) is 9.37. The molecule has 0 spiro atoms. The van der Waals surface area contributed by atoms with Gasteiger partial charge in [-0.2, -0.15) is 0 Å². The molecule has 0 amide bonds. The third-order valence-electron chi connectivity index (χ3n) is 2.93. The van der Waals surface area contributed by atoms with Crippen LogP contribution in [0.3, 0.4) is 0 Å². The van der Waals surface area contributed by atoms with E-state index in [0.29, 0.717) is 6.04 Å². The molecule has 4 nitrogen and oxygen atoms in total. The van der Waals surface area contributed by atoms with Gasteiger partial charge in [0.1, 0.15) is 6.04 Å². The van der Waals surface area contributed by atoms with Crippen molar-refractivity contribution in [2.24, 2.45) is 0 Å². The first-order chi connectivity index (χ1) is 7.24. The summed E-state index contributed by atoms with van der Waals surface area (Å²) in [4.78, 5) is 10.8. The Morgan fingerprint density at radius 1 is 1.47 bits per heavy atom. The molecule has 15 heavy (non-hydrogen) atoms. The average molecular weight is 215 g/mol. The van der Waals surface area contributed by atoms with Crippen LogP contribution in [0.4, 0.5) is 0 Å². The molecule has 0 radical (unpaired) electrons. The predicted molar refractivity (Wildman–Crippen MR) is 57.9 cm³/mol. The Kier molecular flexibility index (Phi) is 5.65. The molecule has 0 aromatic carbocycles. The van der Waals surface area contributed by atoms with E-state index in [1.165, 1.54) is 0 Å². The fourth-order valence-electron chi connectivity index (χ4n) is 2.08. The third-order valence-corrected chi connectivity index (χ3v) is 2.93. The summed E-state index contributed by atoms with van der Waals surface area (Å²) in [6, 6.07) is 0.0582. The first-order valence-electron chi connectivity index (χ1n) is 5.72. The lowest BCUT2D eigenvalue weighted by molar-refractivity contribution is -0.140. The maximum absolute atomic E-state index is 10.8. The molecule has 1 aliphatic rings. The van der Waals surface area contributed by atoms with Gasteiger partial charge in [-0.25, -0.2) is 0 Å². The molecule has 4 heteroatoms. The highest BCUT2D eigenvalue weighted by molar-refractivity contribution is 5.73. The number of carbonyl (C=O) groups is 1. The number of carboxylic acids is 1. The number of hydrogen-bond donors (Lipinski definition) is 2. The van der Waals surface area contributed by atoms with Crippen LogP contribution in [0.25, 0.3) is 0 Å². The summed E-state index contributed by atoms with van der Waals surface area (Å²) in [7, 11) is 1.71. The van der Waals surface area contributed by atoms with Gasteiger partial charge in [-0.15, -0.1) is 0 Å². The average Bonchev–Trinajstić information content (AvgIpc) is 2.25. The number of aliphatic carboxylic acids is 1. The van der Waals surface area contributed by atoms with E-state index in [-0.39, 0.29) is 6.04 Å². The molecule has 2 atom stereocenters. The second-order valence-electron chi connectivity index (χ2n) is 4.17. The summed E-state index contributed by atoms with van der Waals surface area (Å²) in [5.74, 6) is -0.711. The monoisotopic (exact) mass is 215 g/mol. The van der Waals surface area contributed by atoms with E-state index in [2.05, 4.69) is 5.32 Å². The van der Waals surface area contributed by atoms with Crippen LogP contribution in [-0.4, -0.2) is 36.9 Å². The first-order valence-corrected chi connectivity index (χ1v) is 5.72. The van der Waals surface area contributed by atoms with Crippen molar-refractivity contribution in [2.75, 3.05) is 13.7 Å². The predicted octanol–water partition coefficient (Wildman–Crippen LogP) is 1.40. The summed E-state index contributed by atoms with van der Waals surface area (Å²) in [5.41, 5.74) is 0. The minimum atomic E-state index is -0.711. The minimum Gasteiger partial charge on any atom is -0.480 e. The van der Waals surface area contributed by atoms with Crippen molar-refractivity contribution in [3.63, 3.8) is 0 Å². The Morgan fingerprint density at radius 3 is 2.93 bits per heavy atom. The maximum atomic E-state index is 10.8. The fraction of sp³-hybridized carbons (Fsp3) is 0.909. The standard InChI is InChI=1S/C11H21NO3/c1-15-8-3-2-5-9-6-4-7-10(12-9)11(13)14/h9-10,12H,2-8H2,1H3,(H,13,14). The Bertz CT molecular complexity index is 196. The number of carboxylic acid groups (broad SMARTS) is 1. The van der Waals surface area contributed by atoms with Gasteiger partial charge >= 0.3 is 5.97 Å². The molecule has 88 valence electrons. The van der Waals surface area contributed by atoms with E-state index in [0.717, 1.165) is 45.1 Å². The summed E-state index contributed by atoms with van der Waals surface area (Å²) in [6.07, 6.45) is 6.14. The van der Waals surface area contributed by atoms with Gasteiger partial charge in [0.2, 0.25) is 0 Å². The van der Waals surface area contributed by atoms with Gasteiger partial charge in [0.05, 0.1) is 0 Å². The van der Waals surface area contributed by atoms with E-state index in [4.69, 9.17) is 9.84 Å². The molecular formula is C11H21NO3. The molecule has 0 aromatic heterocycles. The molecule has 0 aromatic rings. The van der Waals surface area contributed by atoms with Gasteiger partial charge in [-0.3, -0.25) is 4.79 Å². The molecule has 1 heterocycles. The maximum Gasteiger partial charge on any atom is 0.320 e. The van der Waals surface area contributed by atoms with Crippen LogP contribution >= 0.6 is 0 Å². The molecule has 2 N–H and O–H groups in total. The van der Waals surface area contributed by atoms with Crippen molar-refractivity contribution < 1.29 is 14.6 Å². The lowest BCUT2D eigenvalue weighted by Gasteiger charge is -2.28. The largest absolute Gasteiger partial charge is 0.480 e. The number of piperidine rings is 1. The van der Waals surface area contributed by atoms with Crippen LogP contribution in [0.1, 0.15) is 38.5 Å². The van der Waals surface area contributed by atoms with E-state index >= 15 is 0 Å². The summed E-state index contributed by atoms with van der Waals surface area (Å²) in [6.45, 7) is 0.801. The van der Waals surface area contributed by atoms with E-state index in [1.807, 2.05) is 0 Å². The van der Waals surface area contributed by atoms with E-state index in [1.54, 1.807) is 7.11 Å². The molecule has 1 fully saturated rings. The van der Waals surface area contributed by atoms with Crippen molar-refractivity contribution in [3.8, 4) is 0 Å². The van der Waals surface area contributed by atoms with Crippen molar-refractivity contribution in [1.82, 2.24) is 5.32 Å². The van der Waals surface area contributed by atoms with Crippen molar-refractivity contribution >= 4 is 5.97 Å². The summed E-state index contributed by atoms with van der Waals surface area (Å²) >= 11 is 0. The molecule has 1 aliphatic heterocycles. The topological polar surface area (TPSA) is 58.6 Å². The third kappa shape index (κ3) is 4.62. The Balaban J connectivity index is 2.15. The van der Waals surface area contributed by atoms with Gasteiger partial charge in [0.25, 0.3) is 0 Å². The number of nitrogens with one attached hydrogen (secondary N) is 1. The first kappa shape index (κ1) is 12.5. The summed E-state index contributed by atoms with van der Waals surface area (Å²) < 4.78 is 4.98. The van der Waals surface area contributed by atoms with Crippen molar-refractivity contribution in [2.45, 2.75) is 50.6 Å².